The van der Waals surface area contributed by atoms with E-state index in [-0.39, 0.29) is 12.1 Å². The van der Waals surface area contributed by atoms with E-state index in [1.54, 1.807) is 0 Å². The second kappa shape index (κ2) is 7.71. The van der Waals surface area contributed by atoms with Crippen LogP contribution >= 0.6 is 11.3 Å². The Bertz CT molecular complexity index is 501. The van der Waals surface area contributed by atoms with Crippen molar-refractivity contribution in [1.29, 1.82) is 0 Å². The number of halogens is 2. The Morgan fingerprint density at radius 1 is 1.45 bits per heavy atom. The van der Waals surface area contributed by atoms with Crippen molar-refractivity contribution in [3.63, 3.8) is 0 Å². The second-order valence-electron chi connectivity index (χ2n) is 3.78. The Kier molecular flexibility index (Phi) is 6.26. The highest BCUT2D eigenvalue weighted by Gasteiger charge is 2.20. The predicted octanol–water partition coefficient (Wildman–Crippen LogP) is 1.55. The molecule has 0 unspecified atom stereocenters. The predicted molar refractivity (Wildman–Crippen MR) is 70.0 cm³/mol. The third-order valence-corrected chi connectivity index (χ3v) is 3.17. The van der Waals surface area contributed by atoms with Gasteiger partial charge in [-0.3, -0.25) is 4.79 Å². The lowest BCUT2D eigenvalue weighted by Gasteiger charge is -2.20. The first-order valence-corrected chi connectivity index (χ1v) is 6.50. The average molecular weight is 305 g/mol. The van der Waals surface area contributed by atoms with Crippen molar-refractivity contribution < 1.29 is 28.6 Å². The number of carboxylic acid groups (broad SMARTS) is 1. The first kappa shape index (κ1) is 16.3. The Morgan fingerprint density at radius 3 is 2.70 bits per heavy atom. The smallest absolute Gasteiger partial charge is 0.328 e. The normalized spacial score (nSPS) is 11.2. The Morgan fingerprint density at radius 2 is 2.15 bits per heavy atom. The number of hydrogen-bond acceptors (Lipinski definition) is 4. The summed E-state index contributed by atoms with van der Waals surface area (Å²) in [6, 6.07) is 1.42. The van der Waals surface area contributed by atoms with Gasteiger partial charge in [-0.2, -0.15) is 0 Å². The number of hydrogen-bond donors (Lipinski definition) is 2. The number of alkyl halides is 2. The van der Waals surface area contributed by atoms with Crippen LogP contribution in [0, 0.1) is 0 Å². The molecule has 0 bridgehead atoms. The van der Waals surface area contributed by atoms with Gasteiger partial charge in [0.25, 0.3) is 12.3 Å². The van der Waals surface area contributed by atoms with E-state index in [0.717, 1.165) is 22.3 Å². The maximum Gasteiger partial charge on any atom is 0.328 e. The first-order chi connectivity index (χ1) is 9.43. The van der Waals surface area contributed by atoms with E-state index in [4.69, 9.17) is 10.2 Å². The molecule has 0 fully saturated rings. The van der Waals surface area contributed by atoms with Gasteiger partial charge in [0.05, 0.1) is 18.7 Å². The number of thiophene rings is 1. The van der Waals surface area contributed by atoms with Gasteiger partial charge in [-0.15, -0.1) is 11.3 Å². The topological polar surface area (TPSA) is 77.8 Å². The molecule has 110 valence electrons. The molecule has 1 rings (SSSR count). The minimum Gasteiger partial charge on any atom is -0.478 e. The molecule has 0 aliphatic carbocycles. The highest BCUT2D eigenvalue weighted by Crippen LogP contribution is 2.18. The van der Waals surface area contributed by atoms with Gasteiger partial charge in [0.2, 0.25) is 0 Å². The number of carboxylic acids is 1. The lowest BCUT2D eigenvalue weighted by Crippen LogP contribution is -2.37. The standard InChI is InChI=1S/C12H13F2NO4S/c13-10(14)6-15(3-4-16)12(19)8-5-9(20-7-8)1-2-11(17)18/h1-2,5,7,10,16H,3-4,6H2,(H,17,18)/b2-1+. The Balaban J connectivity index is 2.81. The largest absolute Gasteiger partial charge is 0.478 e. The van der Waals surface area contributed by atoms with Crippen molar-refractivity contribution in [1.82, 2.24) is 4.90 Å². The average Bonchev–Trinajstić information content (AvgIpc) is 2.83. The van der Waals surface area contributed by atoms with E-state index >= 15 is 0 Å². The van der Waals surface area contributed by atoms with Gasteiger partial charge in [-0.05, 0) is 12.1 Å². The third kappa shape index (κ3) is 5.06. The number of rotatable bonds is 7. The maximum absolute atomic E-state index is 12.3. The Hall–Kier alpha value is -1.80. The number of nitrogens with zero attached hydrogens (tertiary/aromatic N) is 1. The molecule has 0 aliphatic heterocycles. The molecule has 1 aromatic rings. The highest BCUT2D eigenvalue weighted by molar-refractivity contribution is 7.11. The van der Waals surface area contributed by atoms with E-state index in [2.05, 4.69) is 0 Å². The van der Waals surface area contributed by atoms with Crippen molar-refractivity contribution in [2.45, 2.75) is 6.43 Å². The van der Waals surface area contributed by atoms with Crippen molar-refractivity contribution in [3.8, 4) is 0 Å². The Labute approximate surface area is 117 Å². The zero-order chi connectivity index (χ0) is 15.1. The molecule has 1 amide bonds. The SMILES string of the molecule is O=C(O)/C=C/c1cc(C(=O)N(CCO)CC(F)F)cs1. The van der Waals surface area contributed by atoms with Gasteiger partial charge in [0.1, 0.15) is 0 Å². The van der Waals surface area contributed by atoms with Crippen LogP contribution in [0.2, 0.25) is 0 Å². The molecule has 0 radical (unpaired) electrons. The van der Waals surface area contributed by atoms with Crippen LogP contribution in [0.1, 0.15) is 15.2 Å². The molecule has 0 saturated heterocycles. The number of aliphatic carboxylic acids is 1. The number of amides is 1. The van der Waals surface area contributed by atoms with Gasteiger partial charge in [0.15, 0.2) is 0 Å². The third-order valence-electron chi connectivity index (χ3n) is 2.27. The van der Waals surface area contributed by atoms with Crippen LogP contribution in [0.4, 0.5) is 8.78 Å². The van der Waals surface area contributed by atoms with Gasteiger partial charge in [-0.1, -0.05) is 0 Å². The van der Waals surface area contributed by atoms with Gasteiger partial charge < -0.3 is 15.1 Å². The number of carbonyl (C=O) groups is 2. The molecule has 0 spiro atoms. The lowest BCUT2D eigenvalue weighted by atomic mass is 10.2. The molecule has 0 aliphatic rings. The molecule has 8 heteroatoms. The zero-order valence-electron chi connectivity index (χ0n) is 10.3. The molecule has 2 N–H and O–H groups in total. The molecule has 20 heavy (non-hydrogen) atoms. The van der Waals surface area contributed by atoms with Gasteiger partial charge in [-0.25, -0.2) is 13.6 Å². The van der Waals surface area contributed by atoms with E-state index < -0.39 is 31.5 Å². The summed E-state index contributed by atoms with van der Waals surface area (Å²) < 4.78 is 24.7. The molecule has 5 nitrogen and oxygen atoms in total. The fourth-order valence-electron chi connectivity index (χ4n) is 1.45. The quantitative estimate of drug-likeness (QED) is 0.749. The number of carbonyl (C=O) groups excluding carboxylic acids is 1. The van der Waals surface area contributed by atoms with Crippen molar-refractivity contribution in [2.24, 2.45) is 0 Å². The zero-order valence-corrected chi connectivity index (χ0v) is 11.1. The molecule has 1 heterocycles. The first-order valence-electron chi connectivity index (χ1n) is 5.62. The van der Waals surface area contributed by atoms with Crippen molar-refractivity contribution >= 4 is 29.3 Å². The van der Waals surface area contributed by atoms with Gasteiger partial charge >= 0.3 is 5.97 Å². The van der Waals surface area contributed by atoms with E-state index in [1.165, 1.54) is 17.5 Å². The minimum atomic E-state index is -2.68. The fraction of sp³-hybridized carbons (Fsp3) is 0.333. The second-order valence-corrected chi connectivity index (χ2v) is 4.72. The summed E-state index contributed by atoms with van der Waals surface area (Å²) in [5, 5.41) is 18.7. The van der Waals surface area contributed by atoms with Crippen LogP contribution in [0.3, 0.4) is 0 Å². The molecule has 0 aromatic carbocycles. The van der Waals surface area contributed by atoms with Crippen LogP contribution in [-0.2, 0) is 4.79 Å². The molecule has 0 atom stereocenters. The van der Waals surface area contributed by atoms with E-state index in [1.807, 2.05) is 0 Å². The highest BCUT2D eigenvalue weighted by atomic mass is 32.1. The summed E-state index contributed by atoms with van der Waals surface area (Å²) >= 11 is 1.13. The maximum atomic E-state index is 12.3. The lowest BCUT2D eigenvalue weighted by molar-refractivity contribution is -0.131. The van der Waals surface area contributed by atoms with E-state index in [0.29, 0.717) is 4.88 Å². The summed E-state index contributed by atoms with van der Waals surface area (Å²) in [5.41, 5.74) is 0.189. The molecule has 0 saturated carbocycles. The number of aliphatic hydroxyl groups is 1. The molecular formula is C12H13F2NO4S. The summed E-state index contributed by atoms with van der Waals surface area (Å²) in [6.45, 7) is -1.34. The molecule has 1 aromatic heterocycles. The van der Waals surface area contributed by atoms with Crippen molar-refractivity contribution in [2.75, 3.05) is 19.7 Å². The van der Waals surface area contributed by atoms with Crippen molar-refractivity contribution in [3.05, 3.63) is 28.0 Å². The number of aliphatic hydroxyl groups excluding tert-OH is 1. The molecular weight excluding hydrogens is 292 g/mol. The van der Waals surface area contributed by atoms with Crippen LogP contribution in [-0.4, -0.2) is 53.1 Å². The summed E-state index contributed by atoms with van der Waals surface area (Å²) in [4.78, 5) is 23.7. The van der Waals surface area contributed by atoms with Gasteiger partial charge in [0, 0.05) is 22.9 Å². The minimum absolute atomic E-state index is 0.181. The van der Waals surface area contributed by atoms with Crippen LogP contribution in [0.15, 0.2) is 17.5 Å². The monoisotopic (exact) mass is 305 g/mol. The van der Waals surface area contributed by atoms with Crippen LogP contribution in [0.25, 0.3) is 6.08 Å². The van der Waals surface area contributed by atoms with Crippen LogP contribution in [0.5, 0.6) is 0 Å². The van der Waals surface area contributed by atoms with Crippen LogP contribution < -0.4 is 0 Å². The summed E-state index contributed by atoms with van der Waals surface area (Å²) in [5.74, 6) is -1.74. The fourth-order valence-corrected chi connectivity index (χ4v) is 2.22. The van der Waals surface area contributed by atoms with E-state index in [9.17, 15) is 18.4 Å². The summed E-state index contributed by atoms with van der Waals surface area (Å²) in [6.07, 6.45) is -0.451. The summed E-state index contributed by atoms with van der Waals surface area (Å²) in [7, 11) is 0.